The number of benzene rings is 2. The Morgan fingerprint density at radius 2 is 2.00 bits per heavy atom. The van der Waals surface area contributed by atoms with E-state index in [-0.39, 0.29) is 29.7 Å². The van der Waals surface area contributed by atoms with E-state index in [0.29, 0.717) is 24.8 Å². The summed E-state index contributed by atoms with van der Waals surface area (Å²) in [6, 6.07) is 13.8. The van der Waals surface area contributed by atoms with Crippen LogP contribution in [0.4, 0.5) is 5.69 Å². The van der Waals surface area contributed by atoms with Crippen molar-refractivity contribution >= 4 is 35.6 Å². The van der Waals surface area contributed by atoms with Crippen molar-refractivity contribution in [3.63, 3.8) is 0 Å². The first-order valence-electron chi connectivity index (χ1n) is 9.85. The second-order valence-corrected chi connectivity index (χ2v) is 6.99. The minimum atomic E-state index is 0. The van der Waals surface area contributed by atoms with Gasteiger partial charge in [0.15, 0.2) is 5.96 Å². The Labute approximate surface area is 195 Å². The van der Waals surface area contributed by atoms with E-state index in [9.17, 15) is 5.11 Å². The van der Waals surface area contributed by atoms with E-state index < -0.39 is 0 Å². The van der Waals surface area contributed by atoms with E-state index in [1.54, 1.807) is 27.3 Å². The molecule has 0 aliphatic carbocycles. The molecule has 0 amide bonds. The number of methoxy groups -OCH3 is 2. The first-order chi connectivity index (χ1) is 14.1. The summed E-state index contributed by atoms with van der Waals surface area (Å²) in [7, 11) is 5.06. The highest BCUT2D eigenvalue weighted by atomic mass is 127. The van der Waals surface area contributed by atoms with Crippen LogP contribution in [0, 0.1) is 0 Å². The van der Waals surface area contributed by atoms with Gasteiger partial charge in [-0.05, 0) is 36.6 Å². The van der Waals surface area contributed by atoms with Crippen molar-refractivity contribution in [1.29, 1.82) is 0 Å². The summed E-state index contributed by atoms with van der Waals surface area (Å²) in [6.45, 7) is 2.53. The smallest absolute Gasteiger partial charge is 0.191 e. The number of nitrogens with zero attached hydrogens (tertiary/aromatic N) is 2. The molecule has 164 valence electrons. The van der Waals surface area contributed by atoms with Crippen molar-refractivity contribution in [1.82, 2.24) is 10.6 Å². The molecule has 30 heavy (non-hydrogen) atoms. The second-order valence-electron chi connectivity index (χ2n) is 6.99. The highest BCUT2D eigenvalue weighted by Crippen LogP contribution is 2.30. The molecule has 1 aliphatic heterocycles. The summed E-state index contributed by atoms with van der Waals surface area (Å²) >= 11 is 0. The molecule has 1 aliphatic rings. The SMILES string of the molecule is CN=C(NCCc1ccc(OC)cc1O)NC1CCN(c2ccccc2OC)C1.I. The highest BCUT2D eigenvalue weighted by molar-refractivity contribution is 14.0. The lowest BCUT2D eigenvalue weighted by Crippen LogP contribution is -2.45. The van der Waals surface area contributed by atoms with Crippen molar-refractivity contribution in [3.8, 4) is 17.2 Å². The van der Waals surface area contributed by atoms with Crippen LogP contribution in [-0.2, 0) is 6.42 Å². The number of hydrogen-bond donors (Lipinski definition) is 3. The molecule has 0 spiro atoms. The van der Waals surface area contributed by atoms with Crippen molar-refractivity contribution in [2.24, 2.45) is 4.99 Å². The van der Waals surface area contributed by atoms with Crippen LogP contribution in [0.1, 0.15) is 12.0 Å². The van der Waals surface area contributed by atoms with Crippen LogP contribution in [0.2, 0.25) is 0 Å². The highest BCUT2D eigenvalue weighted by Gasteiger charge is 2.25. The Bertz CT molecular complexity index is 847. The van der Waals surface area contributed by atoms with Gasteiger partial charge in [-0.25, -0.2) is 0 Å². The number of hydrogen-bond acceptors (Lipinski definition) is 5. The lowest BCUT2D eigenvalue weighted by Gasteiger charge is -2.22. The van der Waals surface area contributed by atoms with Gasteiger partial charge in [0.05, 0.1) is 19.9 Å². The number of ether oxygens (including phenoxy) is 2. The van der Waals surface area contributed by atoms with Crippen LogP contribution < -0.4 is 25.0 Å². The number of para-hydroxylation sites is 2. The lowest BCUT2D eigenvalue weighted by atomic mass is 10.1. The molecular formula is C22H31IN4O3. The summed E-state index contributed by atoms with van der Waals surface area (Å²) in [5.41, 5.74) is 1.99. The molecule has 3 rings (SSSR count). The van der Waals surface area contributed by atoms with Gasteiger partial charge < -0.3 is 30.1 Å². The predicted octanol–water partition coefficient (Wildman–Crippen LogP) is 3.01. The number of phenols is 1. The third kappa shape index (κ3) is 6.07. The first-order valence-corrected chi connectivity index (χ1v) is 9.85. The van der Waals surface area contributed by atoms with Gasteiger partial charge in [0.25, 0.3) is 0 Å². The van der Waals surface area contributed by atoms with Gasteiger partial charge in [0, 0.05) is 38.8 Å². The summed E-state index contributed by atoms with van der Waals surface area (Å²) in [5.74, 6) is 2.56. The van der Waals surface area contributed by atoms with Crippen molar-refractivity contribution < 1.29 is 14.6 Å². The minimum absolute atomic E-state index is 0. The van der Waals surface area contributed by atoms with Crippen LogP contribution in [0.5, 0.6) is 17.2 Å². The molecule has 1 saturated heterocycles. The van der Waals surface area contributed by atoms with Crippen molar-refractivity contribution in [3.05, 3.63) is 48.0 Å². The fraction of sp³-hybridized carbons (Fsp3) is 0.409. The molecule has 1 fully saturated rings. The van der Waals surface area contributed by atoms with Crippen LogP contribution in [0.3, 0.4) is 0 Å². The second kappa shape index (κ2) is 11.7. The molecule has 3 N–H and O–H groups in total. The molecule has 0 radical (unpaired) electrons. The van der Waals surface area contributed by atoms with Gasteiger partial charge in [0.2, 0.25) is 0 Å². The third-order valence-electron chi connectivity index (χ3n) is 5.16. The van der Waals surface area contributed by atoms with Gasteiger partial charge in [-0.1, -0.05) is 18.2 Å². The van der Waals surface area contributed by atoms with Crippen LogP contribution in [0.25, 0.3) is 0 Å². The van der Waals surface area contributed by atoms with Gasteiger partial charge in [-0.15, -0.1) is 24.0 Å². The molecule has 0 saturated carbocycles. The molecule has 8 heteroatoms. The largest absolute Gasteiger partial charge is 0.508 e. The number of halogens is 1. The first kappa shape index (κ1) is 23.9. The summed E-state index contributed by atoms with van der Waals surface area (Å²) in [6.07, 6.45) is 1.71. The van der Waals surface area contributed by atoms with Gasteiger partial charge in [0.1, 0.15) is 17.2 Å². The monoisotopic (exact) mass is 526 g/mol. The number of rotatable bonds is 7. The summed E-state index contributed by atoms with van der Waals surface area (Å²) in [4.78, 5) is 6.67. The van der Waals surface area contributed by atoms with E-state index >= 15 is 0 Å². The standard InChI is InChI=1S/C22H30N4O3.HI/c1-23-22(24-12-10-16-8-9-18(28-2)14-20(16)27)25-17-11-13-26(15-17)19-6-4-5-7-21(19)29-3;/h4-9,14,17,27H,10-13,15H2,1-3H3,(H2,23,24,25);1H. The fourth-order valence-corrected chi connectivity index (χ4v) is 3.57. The Balaban J connectivity index is 0.00000320. The Hall–Kier alpha value is -2.36. The molecule has 2 aromatic rings. The molecule has 7 nitrogen and oxygen atoms in total. The zero-order valence-corrected chi connectivity index (χ0v) is 20.1. The molecule has 1 atom stereocenters. The Morgan fingerprint density at radius 3 is 2.70 bits per heavy atom. The number of phenolic OH excluding ortho intramolecular Hbond substituents is 1. The van der Waals surface area contributed by atoms with Crippen molar-refractivity contribution in [2.45, 2.75) is 18.9 Å². The van der Waals surface area contributed by atoms with Gasteiger partial charge in [-0.3, -0.25) is 4.99 Å². The average Bonchev–Trinajstić information content (AvgIpc) is 3.22. The molecule has 1 unspecified atom stereocenters. The molecule has 2 aromatic carbocycles. The van der Waals surface area contributed by atoms with E-state index in [1.807, 2.05) is 30.3 Å². The fourth-order valence-electron chi connectivity index (χ4n) is 3.57. The zero-order chi connectivity index (χ0) is 20.6. The molecule has 0 bridgehead atoms. The Kier molecular flexibility index (Phi) is 9.35. The third-order valence-corrected chi connectivity index (χ3v) is 5.16. The van der Waals surface area contributed by atoms with E-state index in [4.69, 9.17) is 9.47 Å². The maximum absolute atomic E-state index is 10.1. The maximum Gasteiger partial charge on any atom is 0.191 e. The zero-order valence-electron chi connectivity index (χ0n) is 17.7. The van der Waals surface area contributed by atoms with E-state index in [2.05, 4.69) is 26.6 Å². The minimum Gasteiger partial charge on any atom is -0.508 e. The quantitative estimate of drug-likeness (QED) is 0.293. The maximum atomic E-state index is 10.1. The lowest BCUT2D eigenvalue weighted by molar-refractivity contribution is 0.406. The van der Waals surface area contributed by atoms with Gasteiger partial charge >= 0.3 is 0 Å². The van der Waals surface area contributed by atoms with Crippen molar-refractivity contribution in [2.75, 3.05) is 45.8 Å². The molecule has 0 aromatic heterocycles. The van der Waals surface area contributed by atoms with Crippen LogP contribution >= 0.6 is 24.0 Å². The predicted molar refractivity (Wildman–Crippen MR) is 132 cm³/mol. The number of anilines is 1. The summed E-state index contributed by atoms with van der Waals surface area (Å²) < 4.78 is 10.6. The molecule has 1 heterocycles. The van der Waals surface area contributed by atoms with Gasteiger partial charge in [-0.2, -0.15) is 0 Å². The average molecular weight is 526 g/mol. The topological polar surface area (TPSA) is 78.4 Å². The number of aromatic hydroxyl groups is 1. The normalized spacial score (nSPS) is 16.0. The van der Waals surface area contributed by atoms with Crippen LogP contribution in [-0.4, -0.2) is 58.0 Å². The van der Waals surface area contributed by atoms with E-state index in [0.717, 1.165) is 42.5 Å². The van der Waals surface area contributed by atoms with Crippen LogP contribution in [0.15, 0.2) is 47.5 Å². The van der Waals surface area contributed by atoms with E-state index in [1.165, 1.54) is 0 Å². The summed E-state index contributed by atoms with van der Waals surface area (Å²) in [5, 5.41) is 16.9. The number of nitrogens with one attached hydrogen (secondary N) is 2. The number of guanidine groups is 1. The molecular weight excluding hydrogens is 495 g/mol. The number of aliphatic imine (C=N–C) groups is 1. The Morgan fingerprint density at radius 1 is 1.20 bits per heavy atom.